The maximum atomic E-state index is 2.49. The van der Waals surface area contributed by atoms with Gasteiger partial charge in [0.1, 0.15) is 0 Å². The van der Waals surface area contributed by atoms with E-state index in [1.807, 2.05) is 9.99 Å². The van der Waals surface area contributed by atoms with E-state index in [1.54, 1.807) is 16.7 Å². The van der Waals surface area contributed by atoms with E-state index in [4.69, 9.17) is 0 Å². The summed E-state index contributed by atoms with van der Waals surface area (Å²) in [5.41, 5.74) is 5.12. The van der Waals surface area contributed by atoms with E-state index in [2.05, 4.69) is 78.0 Å². The van der Waals surface area contributed by atoms with E-state index >= 15 is 0 Å². The molecular formula is C27H39Sc. The van der Waals surface area contributed by atoms with Gasteiger partial charge in [-0.2, -0.15) is 0 Å². The van der Waals surface area contributed by atoms with Gasteiger partial charge >= 0.3 is 182 Å². The van der Waals surface area contributed by atoms with Crippen LogP contribution in [0.2, 0.25) is 0 Å². The van der Waals surface area contributed by atoms with Crippen LogP contribution in [0.4, 0.5) is 0 Å². The van der Waals surface area contributed by atoms with Gasteiger partial charge in [0.05, 0.1) is 0 Å². The molecule has 150 valence electrons. The second-order valence-electron chi connectivity index (χ2n) is 9.12. The molecule has 0 aliphatic heterocycles. The zero-order valence-corrected chi connectivity index (χ0v) is 20.8. The zero-order chi connectivity index (χ0) is 20.3. The van der Waals surface area contributed by atoms with Crippen molar-refractivity contribution < 1.29 is 21.4 Å². The SMILES string of the molecule is CCC(C)C1=[C]([Sc]([C]2=C(C(C)CC)C=CC2)[C]2=C(C(C)CC)C=CC2)CC=C1. The summed E-state index contributed by atoms with van der Waals surface area (Å²) in [4.78, 5) is 0. The van der Waals surface area contributed by atoms with Crippen molar-refractivity contribution in [3.05, 3.63) is 63.2 Å². The number of allylic oxidation sites excluding steroid dienone is 12. The van der Waals surface area contributed by atoms with Gasteiger partial charge < -0.3 is 0 Å². The van der Waals surface area contributed by atoms with Gasteiger partial charge in [0.25, 0.3) is 0 Å². The van der Waals surface area contributed by atoms with Crippen molar-refractivity contribution in [3.63, 3.8) is 0 Å². The van der Waals surface area contributed by atoms with Crippen molar-refractivity contribution in [2.24, 2.45) is 17.8 Å². The van der Waals surface area contributed by atoms with Crippen molar-refractivity contribution in [2.75, 3.05) is 0 Å². The summed E-state index contributed by atoms with van der Waals surface area (Å²) in [6.45, 7) is 14.4. The predicted octanol–water partition coefficient (Wildman–Crippen LogP) is 8.38. The monoisotopic (exact) mass is 408 g/mol. The minimum absolute atomic E-state index is 0.700. The van der Waals surface area contributed by atoms with E-state index < -0.39 is 21.4 Å². The van der Waals surface area contributed by atoms with Crippen LogP contribution in [0.15, 0.2) is 63.2 Å². The molecule has 3 atom stereocenters. The van der Waals surface area contributed by atoms with Crippen LogP contribution < -0.4 is 0 Å². The normalized spacial score (nSPS) is 22.1. The Labute approximate surface area is 181 Å². The summed E-state index contributed by atoms with van der Waals surface area (Å²) in [6.07, 6.45) is 22.3. The molecule has 3 aliphatic carbocycles. The van der Waals surface area contributed by atoms with Crippen molar-refractivity contribution in [2.45, 2.75) is 80.1 Å². The quantitative estimate of drug-likeness (QED) is 0.359. The van der Waals surface area contributed by atoms with E-state index in [1.165, 1.54) is 38.5 Å². The molecule has 28 heavy (non-hydrogen) atoms. The third-order valence-corrected chi connectivity index (χ3v) is 13.4. The van der Waals surface area contributed by atoms with E-state index in [-0.39, 0.29) is 0 Å². The van der Waals surface area contributed by atoms with Gasteiger partial charge in [0.15, 0.2) is 0 Å². The Balaban J connectivity index is 2.17. The van der Waals surface area contributed by atoms with Gasteiger partial charge in [0, 0.05) is 0 Å². The van der Waals surface area contributed by atoms with Gasteiger partial charge in [-0.1, -0.05) is 0 Å². The molecule has 0 bridgehead atoms. The number of hydrogen-bond donors (Lipinski definition) is 0. The molecule has 0 aromatic rings. The van der Waals surface area contributed by atoms with Crippen LogP contribution in [-0.2, 0) is 21.4 Å². The first kappa shape index (κ1) is 22.0. The molecule has 0 saturated heterocycles. The minimum atomic E-state index is -1.97. The Kier molecular flexibility index (Phi) is 7.76. The number of hydrogen-bond acceptors (Lipinski definition) is 0. The average molecular weight is 409 g/mol. The summed E-state index contributed by atoms with van der Waals surface area (Å²) in [6, 6.07) is 0. The molecule has 1 heteroatoms. The van der Waals surface area contributed by atoms with Crippen LogP contribution in [0.5, 0.6) is 0 Å². The third-order valence-electron chi connectivity index (χ3n) is 7.49. The summed E-state index contributed by atoms with van der Waals surface area (Å²) >= 11 is -1.97. The Morgan fingerprint density at radius 1 is 0.607 bits per heavy atom. The molecule has 3 aliphatic rings. The molecule has 0 N–H and O–H groups in total. The van der Waals surface area contributed by atoms with Crippen molar-refractivity contribution in [1.82, 2.24) is 0 Å². The molecule has 0 spiro atoms. The molecule has 0 nitrogen and oxygen atoms in total. The number of rotatable bonds is 9. The van der Waals surface area contributed by atoms with Gasteiger partial charge in [-0.25, -0.2) is 0 Å². The Morgan fingerprint density at radius 3 is 1.14 bits per heavy atom. The first-order valence-electron chi connectivity index (χ1n) is 11.7. The molecule has 0 saturated carbocycles. The third kappa shape index (κ3) is 4.25. The predicted molar refractivity (Wildman–Crippen MR) is 121 cm³/mol. The summed E-state index contributed by atoms with van der Waals surface area (Å²) in [5.74, 6) is 2.10. The fourth-order valence-corrected chi connectivity index (χ4v) is 12.3. The van der Waals surface area contributed by atoms with Crippen molar-refractivity contribution in [1.29, 1.82) is 0 Å². The van der Waals surface area contributed by atoms with Crippen molar-refractivity contribution >= 4 is 0 Å². The fraction of sp³-hybridized carbons (Fsp3) is 0.556. The molecule has 3 rings (SSSR count). The fourth-order valence-electron chi connectivity index (χ4n) is 5.20. The van der Waals surface area contributed by atoms with Gasteiger partial charge in [-0.05, 0) is 0 Å². The van der Waals surface area contributed by atoms with Crippen LogP contribution in [-0.4, -0.2) is 0 Å². The molecule has 0 aromatic heterocycles. The van der Waals surface area contributed by atoms with Crippen LogP contribution in [0.3, 0.4) is 0 Å². The summed E-state index contributed by atoms with van der Waals surface area (Å²) in [7, 11) is 0. The second kappa shape index (κ2) is 9.88. The Bertz CT molecular complexity index is 663. The zero-order valence-electron chi connectivity index (χ0n) is 19.0. The molecule has 0 fully saturated rings. The van der Waals surface area contributed by atoms with E-state index in [0.29, 0.717) is 17.8 Å². The first-order chi connectivity index (χ1) is 13.5. The molecule has 0 aromatic carbocycles. The molecular weight excluding hydrogens is 369 g/mol. The molecule has 0 amide bonds. The standard InChI is InChI=1S/3C9H13.Sc/c3*1-3-8(2)9-6-4-5-7-9;/h3*4,6,8H,3,5H2,1-2H3;. The average Bonchev–Trinajstić information content (AvgIpc) is 3.47. The topological polar surface area (TPSA) is 0 Å². The van der Waals surface area contributed by atoms with Gasteiger partial charge in [-0.3, -0.25) is 0 Å². The van der Waals surface area contributed by atoms with Crippen LogP contribution >= 0.6 is 0 Å². The van der Waals surface area contributed by atoms with E-state index in [0.717, 1.165) is 0 Å². The molecule has 0 heterocycles. The Hall–Kier alpha value is -0.690. The second-order valence-corrected chi connectivity index (χ2v) is 13.7. The van der Waals surface area contributed by atoms with Gasteiger partial charge in [0.2, 0.25) is 0 Å². The van der Waals surface area contributed by atoms with Crippen molar-refractivity contribution in [3.8, 4) is 0 Å². The Morgan fingerprint density at radius 2 is 0.893 bits per heavy atom. The van der Waals surface area contributed by atoms with Crippen LogP contribution in [0.1, 0.15) is 80.1 Å². The van der Waals surface area contributed by atoms with E-state index in [9.17, 15) is 0 Å². The summed E-state index contributed by atoms with van der Waals surface area (Å²) < 4.78 is 5.67. The van der Waals surface area contributed by atoms with Gasteiger partial charge in [-0.15, -0.1) is 0 Å². The summed E-state index contributed by atoms with van der Waals surface area (Å²) in [5, 5.41) is 0. The maximum absolute atomic E-state index is 2.49. The van der Waals surface area contributed by atoms with Crippen LogP contribution in [0.25, 0.3) is 0 Å². The van der Waals surface area contributed by atoms with Crippen LogP contribution in [0, 0.1) is 17.8 Å². The molecule has 0 radical (unpaired) electrons. The molecule has 3 unspecified atom stereocenters. The first-order valence-corrected chi connectivity index (χ1v) is 14.4.